The van der Waals surface area contributed by atoms with Crippen LogP contribution < -0.4 is 4.74 Å². The summed E-state index contributed by atoms with van der Waals surface area (Å²) in [5.41, 5.74) is 2.12. The molecule has 1 atom stereocenters. The van der Waals surface area contributed by atoms with E-state index in [1.807, 2.05) is 12.2 Å². The van der Waals surface area contributed by atoms with E-state index in [1.54, 1.807) is 43.3 Å². The summed E-state index contributed by atoms with van der Waals surface area (Å²) >= 11 is 0. The van der Waals surface area contributed by atoms with Gasteiger partial charge in [0.1, 0.15) is 0 Å². The van der Waals surface area contributed by atoms with Gasteiger partial charge in [-0.2, -0.15) is 4.39 Å². The van der Waals surface area contributed by atoms with Crippen molar-refractivity contribution in [2.24, 2.45) is 5.92 Å². The fraction of sp³-hybridized carbons (Fsp3) is 0.214. The normalized spacial score (nSPS) is 15.8. The molecule has 0 saturated carbocycles. The molecule has 0 fully saturated rings. The van der Waals surface area contributed by atoms with E-state index in [-0.39, 0.29) is 29.0 Å². The average Bonchev–Trinajstić information content (AvgIpc) is 2.84. The molecule has 1 nitrogen and oxygen atoms in total. The third-order valence-electron chi connectivity index (χ3n) is 6.07. The molecule has 3 aromatic carbocycles. The zero-order chi connectivity index (χ0) is 23.5. The first-order valence-corrected chi connectivity index (χ1v) is 11.0. The van der Waals surface area contributed by atoms with Crippen molar-refractivity contribution >= 4 is 5.57 Å². The lowest BCUT2D eigenvalue weighted by Gasteiger charge is -2.20. The van der Waals surface area contributed by atoms with Crippen molar-refractivity contribution in [1.29, 1.82) is 0 Å². The zero-order valence-corrected chi connectivity index (χ0v) is 18.3. The first-order chi connectivity index (χ1) is 15.9. The topological polar surface area (TPSA) is 9.23 Å². The molecule has 0 radical (unpaired) electrons. The van der Waals surface area contributed by atoms with Crippen molar-refractivity contribution in [2.45, 2.75) is 26.2 Å². The maximum atomic E-state index is 15.0. The predicted octanol–water partition coefficient (Wildman–Crippen LogP) is 8.35. The van der Waals surface area contributed by atoms with E-state index in [1.165, 1.54) is 12.1 Å². The van der Waals surface area contributed by atoms with Gasteiger partial charge in [0, 0.05) is 16.7 Å². The molecule has 3 aromatic rings. The molecule has 0 aliphatic heterocycles. The molecule has 4 rings (SSSR count). The van der Waals surface area contributed by atoms with Crippen LogP contribution >= 0.6 is 0 Å². The van der Waals surface area contributed by atoms with Crippen LogP contribution in [0.15, 0.2) is 67.3 Å². The summed E-state index contributed by atoms with van der Waals surface area (Å²) in [6.07, 6.45) is 6.15. The monoisotopic (exact) mass is 452 g/mol. The van der Waals surface area contributed by atoms with Crippen LogP contribution in [0.2, 0.25) is 0 Å². The quantitative estimate of drug-likeness (QED) is 0.270. The summed E-state index contributed by atoms with van der Waals surface area (Å²) < 4.78 is 63.7. The Balaban J connectivity index is 1.62. The van der Waals surface area contributed by atoms with Crippen LogP contribution in [0.5, 0.6) is 5.75 Å². The highest BCUT2D eigenvalue weighted by atomic mass is 19.2. The van der Waals surface area contributed by atoms with E-state index >= 15 is 0 Å². The van der Waals surface area contributed by atoms with Crippen molar-refractivity contribution in [1.82, 2.24) is 0 Å². The van der Waals surface area contributed by atoms with Gasteiger partial charge in [-0.1, -0.05) is 48.6 Å². The Kier molecular flexibility index (Phi) is 6.68. The third-order valence-corrected chi connectivity index (χ3v) is 6.07. The Morgan fingerprint density at radius 1 is 0.818 bits per heavy atom. The van der Waals surface area contributed by atoms with Gasteiger partial charge in [0.2, 0.25) is 5.82 Å². The van der Waals surface area contributed by atoms with E-state index in [0.717, 1.165) is 18.4 Å². The summed E-state index contributed by atoms with van der Waals surface area (Å²) in [6.45, 7) is 5.70. The summed E-state index contributed by atoms with van der Waals surface area (Å²) in [5, 5.41) is 0. The van der Waals surface area contributed by atoms with Crippen LogP contribution in [0, 0.1) is 29.2 Å². The van der Waals surface area contributed by atoms with Gasteiger partial charge in [-0.15, -0.1) is 6.58 Å². The molecule has 0 saturated heterocycles. The van der Waals surface area contributed by atoms with E-state index < -0.39 is 23.3 Å². The van der Waals surface area contributed by atoms with Gasteiger partial charge in [-0.3, -0.25) is 0 Å². The molecule has 5 heteroatoms. The number of rotatable bonds is 6. The Morgan fingerprint density at radius 3 is 1.91 bits per heavy atom. The Bertz CT molecular complexity index is 1210. The summed E-state index contributed by atoms with van der Waals surface area (Å²) in [4.78, 5) is 0. The zero-order valence-electron chi connectivity index (χ0n) is 18.3. The van der Waals surface area contributed by atoms with Gasteiger partial charge in [0.25, 0.3) is 0 Å². The molecule has 0 N–H and O–H groups in total. The van der Waals surface area contributed by atoms with Crippen LogP contribution in [0.3, 0.4) is 0 Å². The molecule has 0 heterocycles. The lowest BCUT2D eigenvalue weighted by molar-refractivity contribution is 0.314. The average molecular weight is 452 g/mol. The number of allylic oxidation sites excluding steroid dienone is 3. The number of ether oxygens (including phenoxy) is 1. The first kappa shape index (κ1) is 22.8. The van der Waals surface area contributed by atoms with Crippen molar-refractivity contribution < 1.29 is 22.3 Å². The van der Waals surface area contributed by atoms with Gasteiger partial charge in [-0.05, 0) is 60.9 Å². The highest BCUT2D eigenvalue weighted by Gasteiger charge is 2.21. The van der Waals surface area contributed by atoms with Crippen molar-refractivity contribution in [3.8, 4) is 28.0 Å². The molecule has 1 unspecified atom stereocenters. The fourth-order valence-corrected chi connectivity index (χ4v) is 4.18. The Hall–Kier alpha value is -3.34. The van der Waals surface area contributed by atoms with Crippen molar-refractivity contribution in [2.75, 3.05) is 6.61 Å². The first-order valence-electron chi connectivity index (χ1n) is 11.0. The highest BCUT2D eigenvalue weighted by Crippen LogP contribution is 2.36. The molecular weight excluding hydrogens is 428 g/mol. The van der Waals surface area contributed by atoms with Gasteiger partial charge in [0.05, 0.1) is 6.61 Å². The number of hydrogen-bond acceptors (Lipinski definition) is 1. The van der Waals surface area contributed by atoms with Gasteiger partial charge < -0.3 is 4.74 Å². The molecule has 33 heavy (non-hydrogen) atoms. The molecule has 0 spiro atoms. The maximum Gasteiger partial charge on any atom is 0.201 e. The van der Waals surface area contributed by atoms with Gasteiger partial charge in [-0.25, -0.2) is 13.2 Å². The van der Waals surface area contributed by atoms with Crippen LogP contribution in [0.25, 0.3) is 27.8 Å². The molecular formula is C28H24F4O. The van der Waals surface area contributed by atoms with E-state index in [4.69, 9.17) is 4.74 Å². The van der Waals surface area contributed by atoms with E-state index in [0.29, 0.717) is 23.5 Å². The van der Waals surface area contributed by atoms with Crippen LogP contribution in [-0.2, 0) is 0 Å². The largest absolute Gasteiger partial charge is 0.491 e. The smallest absolute Gasteiger partial charge is 0.201 e. The van der Waals surface area contributed by atoms with E-state index in [2.05, 4.69) is 6.58 Å². The van der Waals surface area contributed by atoms with Gasteiger partial charge in [0.15, 0.2) is 23.2 Å². The molecule has 0 aromatic heterocycles. The molecule has 1 aliphatic carbocycles. The lowest BCUT2D eigenvalue weighted by atomic mass is 9.86. The Morgan fingerprint density at radius 2 is 1.36 bits per heavy atom. The minimum absolute atomic E-state index is 0.0616. The van der Waals surface area contributed by atoms with Crippen LogP contribution in [0.1, 0.15) is 31.7 Å². The minimum Gasteiger partial charge on any atom is -0.491 e. The highest BCUT2D eigenvalue weighted by molar-refractivity contribution is 5.74. The Labute approximate surface area is 191 Å². The van der Waals surface area contributed by atoms with E-state index in [9.17, 15) is 17.6 Å². The SMILES string of the molecule is C=CC1CC=C(c2ccc(-c3ccc(-c4ccc(OCC)c(F)c4F)cc3)c(F)c2F)CC1. The molecule has 170 valence electrons. The standard InChI is InChI=1S/C28H24F4O/c1-3-17-5-7-18(8-6-17)21-13-14-22(26(30)25(21)29)19-9-11-20(12-10-19)23-15-16-24(33-4-2)28(32)27(23)31/h3,7,9-17H,1,4-6,8H2,2H3. The van der Waals surface area contributed by atoms with Crippen molar-refractivity contribution in [3.63, 3.8) is 0 Å². The van der Waals surface area contributed by atoms with Crippen molar-refractivity contribution in [3.05, 3.63) is 96.1 Å². The summed E-state index contributed by atoms with van der Waals surface area (Å²) in [6, 6.07) is 12.2. The molecule has 0 bridgehead atoms. The molecule has 1 aliphatic rings. The lowest BCUT2D eigenvalue weighted by Crippen LogP contribution is -2.04. The third kappa shape index (κ3) is 4.45. The van der Waals surface area contributed by atoms with Crippen LogP contribution in [0.4, 0.5) is 17.6 Å². The van der Waals surface area contributed by atoms with Crippen LogP contribution in [-0.4, -0.2) is 6.61 Å². The number of halogens is 4. The fourth-order valence-electron chi connectivity index (χ4n) is 4.18. The number of benzene rings is 3. The minimum atomic E-state index is -1.06. The predicted molar refractivity (Wildman–Crippen MR) is 124 cm³/mol. The second-order valence-corrected chi connectivity index (χ2v) is 8.04. The second-order valence-electron chi connectivity index (χ2n) is 8.04. The molecule has 0 amide bonds. The second kappa shape index (κ2) is 9.65. The summed E-state index contributed by atoms with van der Waals surface area (Å²) in [7, 11) is 0. The van der Waals surface area contributed by atoms with Gasteiger partial charge >= 0.3 is 0 Å². The summed E-state index contributed by atoms with van der Waals surface area (Å²) in [5.74, 6) is -3.66. The number of hydrogen-bond donors (Lipinski definition) is 0. The maximum absolute atomic E-state index is 15.0.